The van der Waals surface area contributed by atoms with Crippen molar-refractivity contribution >= 4 is 11.6 Å². The maximum Gasteiger partial charge on any atom is 0.164 e. The van der Waals surface area contributed by atoms with Crippen molar-refractivity contribution in [1.82, 2.24) is 0 Å². The molecule has 2 rings (SSSR count). The van der Waals surface area contributed by atoms with Crippen LogP contribution in [0.4, 0.5) is 0 Å². The molecule has 2 heterocycles. The predicted octanol–water partition coefficient (Wildman–Crippen LogP) is 1.49. The van der Waals surface area contributed by atoms with Crippen LogP contribution in [0.5, 0.6) is 0 Å². The molecule has 0 aromatic heterocycles. The zero-order valence-electron chi connectivity index (χ0n) is 7.41. The molecule has 0 spiro atoms. The zero-order chi connectivity index (χ0) is 8.93. The van der Waals surface area contributed by atoms with Gasteiger partial charge in [0.1, 0.15) is 12.2 Å². The Balaban J connectivity index is 2.15. The van der Waals surface area contributed by atoms with Crippen molar-refractivity contribution in [2.45, 2.75) is 50.4 Å². The molecule has 4 atom stereocenters. The summed E-state index contributed by atoms with van der Waals surface area (Å²) >= 11 is 5.91. The third kappa shape index (κ3) is 1.25. The van der Waals surface area contributed by atoms with Crippen molar-refractivity contribution < 1.29 is 14.2 Å². The molecule has 12 heavy (non-hydrogen) atoms. The van der Waals surface area contributed by atoms with E-state index in [9.17, 15) is 0 Å². The van der Waals surface area contributed by atoms with Gasteiger partial charge in [0, 0.05) is 0 Å². The minimum absolute atomic E-state index is 0.0116. The first-order valence-corrected chi connectivity index (χ1v) is 4.58. The van der Waals surface area contributed by atoms with Crippen LogP contribution in [-0.4, -0.2) is 29.7 Å². The van der Waals surface area contributed by atoms with Crippen molar-refractivity contribution in [3.05, 3.63) is 0 Å². The second-order valence-electron chi connectivity index (χ2n) is 3.76. The molecule has 2 aliphatic rings. The third-order valence-electron chi connectivity index (χ3n) is 2.23. The van der Waals surface area contributed by atoms with Crippen LogP contribution in [0.1, 0.15) is 20.8 Å². The Labute approximate surface area is 76.9 Å². The molecule has 0 unspecified atom stereocenters. The summed E-state index contributed by atoms with van der Waals surface area (Å²) in [6.07, 6.45) is -0.0987. The van der Waals surface area contributed by atoms with E-state index in [1.165, 1.54) is 0 Å². The van der Waals surface area contributed by atoms with Crippen LogP contribution in [0.15, 0.2) is 0 Å². The van der Waals surface area contributed by atoms with E-state index in [4.69, 9.17) is 25.8 Å². The predicted molar refractivity (Wildman–Crippen MR) is 44.0 cm³/mol. The maximum atomic E-state index is 5.91. The Hall–Kier alpha value is 0.170. The van der Waals surface area contributed by atoms with Crippen LogP contribution in [0.3, 0.4) is 0 Å². The smallest absolute Gasteiger partial charge is 0.164 e. The first kappa shape index (κ1) is 8.75. The number of hydrogen-bond donors (Lipinski definition) is 0. The highest BCUT2D eigenvalue weighted by atomic mass is 35.5. The van der Waals surface area contributed by atoms with E-state index >= 15 is 0 Å². The molecule has 0 aliphatic carbocycles. The lowest BCUT2D eigenvalue weighted by Gasteiger charge is -2.20. The number of alkyl halides is 1. The average molecular weight is 193 g/mol. The van der Waals surface area contributed by atoms with Gasteiger partial charge in [-0.2, -0.15) is 0 Å². The van der Waals surface area contributed by atoms with E-state index in [-0.39, 0.29) is 23.9 Å². The second kappa shape index (κ2) is 2.58. The van der Waals surface area contributed by atoms with Crippen LogP contribution in [0.2, 0.25) is 0 Å². The highest BCUT2D eigenvalue weighted by molar-refractivity contribution is 6.20. The Bertz CT molecular complexity index is 177. The molecule has 0 amide bonds. The molecule has 0 radical (unpaired) electrons. The van der Waals surface area contributed by atoms with E-state index in [1.54, 1.807) is 0 Å². The fourth-order valence-corrected chi connectivity index (χ4v) is 2.10. The summed E-state index contributed by atoms with van der Waals surface area (Å²) in [5, 5.41) is 0. The SMILES string of the molecule is C[C@H]1O[C@@H](Cl)[C@@H]2OC(C)(C)O[C@@H]21. The molecular weight excluding hydrogens is 180 g/mol. The molecule has 70 valence electrons. The fraction of sp³-hybridized carbons (Fsp3) is 1.00. The number of halogens is 1. The monoisotopic (exact) mass is 192 g/mol. The van der Waals surface area contributed by atoms with E-state index < -0.39 is 5.79 Å². The molecule has 3 nitrogen and oxygen atoms in total. The third-order valence-corrected chi connectivity index (χ3v) is 2.58. The van der Waals surface area contributed by atoms with Gasteiger partial charge in [-0.3, -0.25) is 0 Å². The van der Waals surface area contributed by atoms with Crippen LogP contribution >= 0.6 is 11.6 Å². The van der Waals surface area contributed by atoms with Gasteiger partial charge >= 0.3 is 0 Å². The van der Waals surface area contributed by atoms with Crippen molar-refractivity contribution in [1.29, 1.82) is 0 Å². The van der Waals surface area contributed by atoms with Crippen molar-refractivity contribution in [2.75, 3.05) is 0 Å². The summed E-state index contributed by atoms with van der Waals surface area (Å²) in [5.41, 5.74) is -0.369. The normalized spacial score (nSPS) is 51.0. The Morgan fingerprint density at radius 2 is 1.75 bits per heavy atom. The van der Waals surface area contributed by atoms with E-state index in [1.807, 2.05) is 20.8 Å². The molecule has 0 aromatic carbocycles. The van der Waals surface area contributed by atoms with E-state index in [0.29, 0.717) is 0 Å². The van der Waals surface area contributed by atoms with Gasteiger partial charge in [0.2, 0.25) is 0 Å². The average Bonchev–Trinajstić information content (AvgIpc) is 2.34. The molecular formula is C8H13ClO3. The molecule has 2 fully saturated rings. The van der Waals surface area contributed by atoms with Gasteiger partial charge in [0.05, 0.1) is 6.10 Å². The summed E-state index contributed by atoms with van der Waals surface area (Å²) in [6, 6.07) is 0. The number of fused-ring (bicyclic) bond motifs is 1. The van der Waals surface area contributed by atoms with Crippen molar-refractivity contribution in [2.24, 2.45) is 0 Å². The molecule has 0 N–H and O–H groups in total. The summed E-state index contributed by atoms with van der Waals surface area (Å²) < 4.78 is 16.5. The molecule has 2 saturated heterocycles. The maximum absolute atomic E-state index is 5.91. The van der Waals surface area contributed by atoms with Crippen molar-refractivity contribution in [3.8, 4) is 0 Å². The van der Waals surface area contributed by atoms with Crippen LogP contribution in [0, 0.1) is 0 Å². The zero-order valence-corrected chi connectivity index (χ0v) is 8.17. The summed E-state index contributed by atoms with van der Waals surface area (Å²) in [5.74, 6) is -0.513. The lowest BCUT2D eigenvalue weighted by Crippen LogP contribution is -2.27. The number of rotatable bonds is 0. The Morgan fingerprint density at radius 3 is 2.33 bits per heavy atom. The van der Waals surface area contributed by atoms with Gasteiger partial charge in [-0.05, 0) is 20.8 Å². The van der Waals surface area contributed by atoms with E-state index in [2.05, 4.69) is 0 Å². The first-order chi connectivity index (χ1) is 5.49. The van der Waals surface area contributed by atoms with Gasteiger partial charge in [0.25, 0.3) is 0 Å². The molecule has 0 saturated carbocycles. The lowest BCUT2D eigenvalue weighted by atomic mass is 10.2. The molecule has 0 aromatic rings. The molecule has 4 heteroatoms. The molecule has 2 aliphatic heterocycles. The van der Waals surface area contributed by atoms with Crippen LogP contribution < -0.4 is 0 Å². The topological polar surface area (TPSA) is 27.7 Å². The summed E-state index contributed by atoms with van der Waals surface area (Å²) in [4.78, 5) is 0. The minimum atomic E-state index is -0.513. The fourth-order valence-electron chi connectivity index (χ4n) is 1.74. The Morgan fingerprint density at radius 1 is 1.17 bits per heavy atom. The van der Waals surface area contributed by atoms with E-state index in [0.717, 1.165) is 0 Å². The molecule has 0 bridgehead atoms. The Kier molecular flexibility index (Phi) is 1.88. The summed E-state index contributed by atoms with van der Waals surface area (Å²) in [7, 11) is 0. The summed E-state index contributed by atoms with van der Waals surface area (Å²) in [6.45, 7) is 5.73. The number of ether oxygens (including phenoxy) is 3. The van der Waals surface area contributed by atoms with Gasteiger partial charge in [-0.15, -0.1) is 0 Å². The van der Waals surface area contributed by atoms with Crippen LogP contribution in [-0.2, 0) is 14.2 Å². The standard InChI is InChI=1S/C8H13ClO3/c1-4-5-6(7(9)10-4)12-8(2,3)11-5/h4-7H,1-3H3/t4-,5-,6-,7-/m1/s1. The van der Waals surface area contributed by atoms with Gasteiger partial charge in [-0.1, -0.05) is 11.6 Å². The van der Waals surface area contributed by atoms with Gasteiger partial charge in [0.15, 0.2) is 11.4 Å². The van der Waals surface area contributed by atoms with Gasteiger partial charge in [-0.25, -0.2) is 0 Å². The quantitative estimate of drug-likeness (QED) is 0.545. The second-order valence-corrected chi connectivity index (χ2v) is 4.19. The largest absolute Gasteiger partial charge is 0.354 e. The number of hydrogen-bond acceptors (Lipinski definition) is 3. The highest BCUT2D eigenvalue weighted by Crippen LogP contribution is 2.39. The van der Waals surface area contributed by atoms with Crippen molar-refractivity contribution in [3.63, 3.8) is 0 Å². The highest BCUT2D eigenvalue weighted by Gasteiger charge is 2.53. The minimum Gasteiger partial charge on any atom is -0.354 e. The van der Waals surface area contributed by atoms with Gasteiger partial charge < -0.3 is 14.2 Å². The first-order valence-electron chi connectivity index (χ1n) is 4.15. The lowest BCUT2D eigenvalue weighted by molar-refractivity contribution is -0.177. The van der Waals surface area contributed by atoms with Crippen LogP contribution in [0.25, 0.3) is 0 Å².